The lowest BCUT2D eigenvalue weighted by atomic mass is 10.1. The summed E-state index contributed by atoms with van der Waals surface area (Å²) in [5.41, 5.74) is 0.880. The molecule has 0 atom stereocenters. The quantitative estimate of drug-likeness (QED) is 0.623. The molecule has 8 heteroatoms. The van der Waals surface area contributed by atoms with E-state index in [4.69, 9.17) is 13.9 Å². The van der Waals surface area contributed by atoms with Gasteiger partial charge < -0.3 is 13.9 Å². The molecule has 27 heavy (non-hydrogen) atoms. The zero-order valence-electron chi connectivity index (χ0n) is 14.6. The molecular formula is C19H17NO6S. The third kappa shape index (κ3) is 3.80. The molecule has 0 spiro atoms. The predicted octanol–water partition coefficient (Wildman–Crippen LogP) is 3.58. The van der Waals surface area contributed by atoms with Crippen LogP contribution in [0.3, 0.4) is 0 Å². The van der Waals surface area contributed by atoms with Gasteiger partial charge in [-0.25, -0.2) is 8.42 Å². The van der Waals surface area contributed by atoms with E-state index in [0.717, 1.165) is 0 Å². The number of hydrogen-bond acceptors (Lipinski definition) is 6. The van der Waals surface area contributed by atoms with Crippen molar-refractivity contribution < 1.29 is 27.1 Å². The van der Waals surface area contributed by atoms with Crippen LogP contribution in [0.2, 0.25) is 0 Å². The number of carbonyl (C=O) groups is 1. The number of sulfonamides is 1. The molecular weight excluding hydrogens is 370 g/mol. The van der Waals surface area contributed by atoms with Crippen molar-refractivity contribution >= 4 is 22.0 Å². The number of ether oxygens (including phenoxy) is 2. The molecule has 0 radical (unpaired) electrons. The standard InChI is InChI=1S/C19H17NO6S/c1-24-17-11-19(27(22,23)20-13-6-4-3-5-7-13)18(25-2)10-15(17)16-9-8-14(12-21)26-16/h3-12,20H,1-2H3. The number of carbonyl (C=O) groups excluding carboxylic acids is 1. The Labute approximate surface area is 156 Å². The molecule has 0 aliphatic rings. The Kier molecular flexibility index (Phi) is 5.18. The number of methoxy groups -OCH3 is 2. The molecule has 0 aliphatic carbocycles. The van der Waals surface area contributed by atoms with E-state index >= 15 is 0 Å². The first-order chi connectivity index (χ1) is 13.0. The third-order valence-corrected chi connectivity index (χ3v) is 5.21. The average molecular weight is 387 g/mol. The molecule has 1 aromatic heterocycles. The monoisotopic (exact) mass is 387 g/mol. The summed E-state index contributed by atoms with van der Waals surface area (Å²) in [6.07, 6.45) is 0.579. The van der Waals surface area contributed by atoms with Crippen molar-refractivity contribution in [2.24, 2.45) is 0 Å². The van der Waals surface area contributed by atoms with E-state index < -0.39 is 10.0 Å². The summed E-state index contributed by atoms with van der Waals surface area (Å²) in [4.78, 5) is 10.8. The van der Waals surface area contributed by atoms with Gasteiger partial charge in [-0.3, -0.25) is 9.52 Å². The maximum absolute atomic E-state index is 12.8. The Hall–Kier alpha value is -3.26. The van der Waals surface area contributed by atoms with E-state index in [1.807, 2.05) is 0 Å². The maximum atomic E-state index is 12.8. The fraction of sp³-hybridized carbons (Fsp3) is 0.105. The zero-order valence-corrected chi connectivity index (χ0v) is 15.4. The van der Waals surface area contributed by atoms with E-state index in [0.29, 0.717) is 23.3 Å². The van der Waals surface area contributed by atoms with Crippen LogP contribution in [-0.2, 0) is 10.0 Å². The van der Waals surface area contributed by atoms with Crippen molar-refractivity contribution in [3.8, 4) is 22.8 Å². The maximum Gasteiger partial charge on any atom is 0.265 e. The number of hydrogen-bond donors (Lipinski definition) is 1. The average Bonchev–Trinajstić information content (AvgIpc) is 3.16. The number of rotatable bonds is 7. The number of nitrogens with one attached hydrogen (secondary N) is 1. The van der Waals surface area contributed by atoms with Gasteiger partial charge >= 0.3 is 0 Å². The molecule has 1 N–H and O–H groups in total. The van der Waals surface area contributed by atoms with Crippen molar-refractivity contribution in [1.29, 1.82) is 0 Å². The van der Waals surface area contributed by atoms with Crippen LogP contribution < -0.4 is 14.2 Å². The molecule has 0 bridgehead atoms. The first-order valence-electron chi connectivity index (χ1n) is 7.88. The molecule has 0 fully saturated rings. The molecule has 2 aromatic carbocycles. The fourth-order valence-corrected chi connectivity index (χ4v) is 3.78. The van der Waals surface area contributed by atoms with Crippen LogP contribution in [0.25, 0.3) is 11.3 Å². The van der Waals surface area contributed by atoms with Crippen molar-refractivity contribution in [3.63, 3.8) is 0 Å². The highest BCUT2D eigenvalue weighted by atomic mass is 32.2. The van der Waals surface area contributed by atoms with Gasteiger partial charge in [0.15, 0.2) is 12.0 Å². The summed E-state index contributed by atoms with van der Waals surface area (Å²) < 4.78 is 44.2. The summed E-state index contributed by atoms with van der Waals surface area (Å²) >= 11 is 0. The highest BCUT2D eigenvalue weighted by molar-refractivity contribution is 7.92. The van der Waals surface area contributed by atoms with Crippen molar-refractivity contribution in [1.82, 2.24) is 0 Å². The minimum Gasteiger partial charge on any atom is -0.496 e. The van der Waals surface area contributed by atoms with Gasteiger partial charge in [-0.2, -0.15) is 0 Å². The van der Waals surface area contributed by atoms with Crippen LogP contribution in [0.5, 0.6) is 11.5 Å². The van der Waals surface area contributed by atoms with Gasteiger partial charge in [0.1, 0.15) is 22.2 Å². The van der Waals surface area contributed by atoms with E-state index in [1.54, 1.807) is 36.4 Å². The molecule has 0 amide bonds. The minimum atomic E-state index is -3.93. The molecule has 1 heterocycles. The van der Waals surface area contributed by atoms with E-state index in [2.05, 4.69) is 4.72 Å². The van der Waals surface area contributed by atoms with Gasteiger partial charge in [-0.15, -0.1) is 0 Å². The molecule has 0 saturated heterocycles. The smallest absolute Gasteiger partial charge is 0.265 e. The molecule has 3 rings (SSSR count). The van der Waals surface area contributed by atoms with E-state index in [9.17, 15) is 13.2 Å². The summed E-state index contributed by atoms with van der Waals surface area (Å²) in [6.45, 7) is 0. The van der Waals surface area contributed by atoms with E-state index in [-0.39, 0.29) is 22.2 Å². The van der Waals surface area contributed by atoms with Crippen LogP contribution in [0.15, 0.2) is 63.9 Å². The number of para-hydroxylation sites is 1. The Bertz CT molecular complexity index is 1060. The summed E-state index contributed by atoms with van der Waals surface area (Å²) in [5, 5.41) is 0. The molecule has 3 aromatic rings. The first-order valence-corrected chi connectivity index (χ1v) is 9.36. The van der Waals surface area contributed by atoms with Gasteiger partial charge in [-0.05, 0) is 30.3 Å². The van der Waals surface area contributed by atoms with E-state index in [1.165, 1.54) is 32.4 Å². The van der Waals surface area contributed by atoms with Gasteiger partial charge in [0, 0.05) is 11.8 Å². The van der Waals surface area contributed by atoms with Gasteiger partial charge in [0.25, 0.3) is 10.0 Å². The predicted molar refractivity (Wildman–Crippen MR) is 99.9 cm³/mol. The highest BCUT2D eigenvalue weighted by Gasteiger charge is 2.24. The van der Waals surface area contributed by atoms with Crippen LogP contribution in [0.1, 0.15) is 10.6 Å². The van der Waals surface area contributed by atoms with Crippen molar-refractivity contribution in [2.75, 3.05) is 18.9 Å². The molecule has 0 aliphatic heterocycles. The normalized spacial score (nSPS) is 11.0. The molecule has 140 valence electrons. The summed E-state index contributed by atoms with van der Waals surface area (Å²) in [5.74, 6) is 0.870. The highest BCUT2D eigenvalue weighted by Crippen LogP contribution is 2.39. The Morgan fingerprint density at radius 3 is 2.26 bits per heavy atom. The Morgan fingerprint density at radius 2 is 1.67 bits per heavy atom. The number of aldehydes is 1. The molecule has 0 unspecified atom stereocenters. The number of furan rings is 1. The Morgan fingerprint density at radius 1 is 0.963 bits per heavy atom. The topological polar surface area (TPSA) is 94.8 Å². The summed E-state index contributed by atoms with van der Waals surface area (Å²) in [6, 6.07) is 14.5. The lowest BCUT2D eigenvalue weighted by Gasteiger charge is -2.15. The SMILES string of the molecule is COc1cc(S(=O)(=O)Nc2ccccc2)c(OC)cc1-c1ccc(C=O)o1. The van der Waals surface area contributed by atoms with Crippen molar-refractivity contribution in [2.45, 2.75) is 4.90 Å². The zero-order chi connectivity index (χ0) is 19.4. The minimum absolute atomic E-state index is 0.0865. The number of benzene rings is 2. The lowest BCUT2D eigenvalue weighted by Crippen LogP contribution is -2.14. The second-order valence-electron chi connectivity index (χ2n) is 5.49. The van der Waals surface area contributed by atoms with Gasteiger partial charge in [0.05, 0.1) is 19.8 Å². The number of anilines is 1. The van der Waals surface area contributed by atoms with Crippen LogP contribution in [0.4, 0.5) is 5.69 Å². The molecule has 7 nitrogen and oxygen atoms in total. The second kappa shape index (κ2) is 7.55. The first kappa shape index (κ1) is 18.5. The summed E-state index contributed by atoms with van der Waals surface area (Å²) in [7, 11) is -1.15. The van der Waals surface area contributed by atoms with Crippen LogP contribution >= 0.6 is 0 Å². The van der Waals surface area contributed by atoms with Crippen LogP contribution in [0, 0.1) is 0 Å². The molecule has 0 saturated carbocycles. The largest absolute Gasteiger partial charge is 0.496 e. The van der Waals surface area contributed by atoms with Gasteiger partial charge in [-0.1, -0.05) is 18.2 Å². The Balaban J connectivity index is 2.09. The fourth-order valence-electron chi connectivity index (χ4n) is 2.55. The second-order valence-corrected chi connectivity index (χ2v) is 7.15. The van der Waals surface area contributed by atoms with Crippen molar-refractivity contribution in [3.05, 3.63) is 60.4 Å². The third-order valence-electron chi connectivity index (χ3n) is 3.81. The lowest BCUT2D eigenvalue weighted by molar-refractivity contribution is 0.110. The van der Waals surface area contributed by atoms with Gasteiger partial charge in [0.2, 0.25) is 0 Å². The van der Waals surface area contributed by atoms with Crippen LogP contribution in [-0.4, -0.2) is 28.9 Å².